The fourth-order valence-electron chi connectivity index (χ4n) is 2.27. The summed E-state index contributed by atoms with van der Waals surface area (Å²) in [6, 6.07) is 9.07. The maximum atomic E-state index is 9.43. The number of rotatable bonds is 8. The maximum absolute atomic E-state index is 9.43. The van der Waals surface area contributed by atoms with Gasteiger partial charge in [-0.15, -0.1) is 0 Å². The lowest BCUT2D eigenvalue weighted by molar-refractivity contribution is 0.0758. The van der Waals surface area contributed by atoms with Crippen molar-refractivity contribution >= 4 is 0 Å². The van der Waals surface area contributed by atoms with Crippen molar-refractivity contribution in [2.75, 3.05) is 26.7 Å². The van der Waals surface area contributed by atoms with Crippen LogP contribution in [0.3, 0.4) is 0 Å². The fraction of sp³-hybridized carbons (Fsp3) is 0.647. The number of nitrogens with zero attached hydrogens (tertiary/aromatic N) is 1. The second-order valence-electron chi connectivity index (χ2n) is 6.21. The van der Waals surface area contributed by atoms with Crippen LogP contribution in [0.15, 0.2) is 24.3 Å². The normalized spacial score (nSPS) is 13.8. The van der Waals surface area contributed by atoms with E-state index in [0.717, 1.165) is 19.5 Å². The maximum Gasteiger partial charge on any atom is 0.0609 e. The second-order valence-corrected chi connectivity index (χ2v) is 6.21. The van der Waals surface area contributed by atoms with E-state index < -0.39 is 0 Å². The molecule has 0 aliphatic rings. The van der Waals surface area contributed by atoms with Crippen molar-refractivity contribution in [3.8, 4) is 0 Å². The first-order chi connectivity index (χ1) is 9.40. The first kappa shape index (κ1) is 17.2. The molecule has 0 aliphatic carbocycles. The Morgan fingerprint density at radius 1 is 1.35 bits per heavy atom. The molecule has 0 radical (unpaired) electrons. The van der Waals surface area contributed by atoms with Crippen molar-refractivity contribution in [1.82, 2.24) is 10.2 Å². The van der Waals surface area contributed by atoms with Gasteiger partial charge in [0.25, 0.3) is 0 Å². The van der Waals surface area contributed by atoms with Gasteiger partial charge in [-0.1, -0.05) is 36.8 Å². The van der Waals surface area contributed by atoms with E-state index in [-0.39, 0.29) is 12.1 Å². The van der Waals surface area contributed by atoms with Crippen LogP contribution >= 0.6 is 0 Å². The van der Waals surface area contributed by atoms with Crippen LogP contribution in [0.25, 0.3) is 0 Å². The zero-order valence-corrected chi connectivity index (χ0v) is 13.6. The van der Waals surface area contributed by atoms with E-state index in [0.29, 0.717) is 6.04 Å². The van der Waals surface area contributed by atoms with Crippen LogP contribution in [-0.4, -0.2) is 42.3 Å². The topological polar surface area (TPSA) is 35.5 Å². The van der Waals surface area contributed by atoms with Gasteiger partial charge in [-0.3, -0.25) is 4.90 Å². The molecule has 1 aromatic rings. The van der Waals surface area contributed by atoms with Gasteiger partial charge in [0.2, 0.25) is 0 Å². The highest BCUT2D eigenvalue weighted by Gasteiger charge is 2.23. The molecule has 0 aromatic heterocycles. The van der Waals surface area contributed by atoms with E-state index in [1.807, 2.05) is 0 Å². The molecule has 1 atom stereocenters. The van der Waals surface area contributed by atoms with Crippen molar-refractivity contribution in [1.29, 1.82) is 0 Å². The minimum atomic E-state index is -0.163. The van der Waals surface area contributed by atoms with Gasteiger partial charge in [0.1, 0.15) is 0 Å². The Hall–Kier alpha value is -0.900. The highest BCUT2D eigenvalue weighted by Crippen LogP contribution is 2.20. The van der Waals surface area contributed by atoms with Crippen molar-refractivity contribution in [2.24, 2.45) is 0 Å². The Kier molecular flexibility index (Phi) is 6.66. The summed E-state index contributed by atoms with van der Waals surface area (Å²) >= 11 is 0. The van der Waals surface area contributed by atoms with E-state index in [9.17, 15) is 5.11 Å². The van der Waals surface area contributed by atoms with Crippen LogP contribution in [0.2, 0.25) is 0 Å². The van der Waals surface area contributed by atoms with Crippen molar-refractivity contribution < 1.29 is 5.11 Å². The van der Waals surface area contributed by atoms with Crippen molar-refractivity contribution in [3.05, 3.63) is 35.4 Å². The minimum Gasteiger partial charge on any atom is -0.394 e. The Balaban J connectivity index is 2.69. The smallest absolute Gasteiger partial charge is 0.0609 e. The molecule has 0 heterocycles. The number of aliphatic hydroxyl groups excluding tert-OH is 1. The molecule has 0 saturated carbocycles. The minimum absolute atomic E-state index is 0.163. The van der Waals surface area contributed by atoms with E-state index in [1.165, 1.54) is 11.1 Å². The highest BCUT2D eigenvalue weighted by atomic mass is 16.3. The van der Waals surface area contributed by atoms with Gasteiger partial charge in [-0.25, -0.2) is 0 Å². The van der Waals surface area contributed by atoms with E-state index in [1.54, 1.807) is 0 Å². The molecule has 0 spiro atoms. The average Bonchev–Trinajstić information content (AvgIpc) is 2.43. The predicted molar refractivity (Wildman–Crippen MR) is 86.0 cm³/mol. The monoisotopic (exact) mass is 278 g/mol. The molecule has 0 amide bonds. The average molecular weight is 278 g/mol. The number of likely N-dealkylation sites (N-methyl/N-ethyl adjacent to an activating group) is 1. The number of aliphatic hydroxyl groups is 1. The van der Waals surface area contributed by atoms with Crippen LogP contribution in [0.5, 0.6) is 0 Å². The largest absolute Gasteiger partial charge is 0.394 e. The molecule has 0 saturated heterocycles. The Morgan fingerprint density at radius 2 is 2.05 bits per heavy atom. The summed E-state index contributed by atoms with van der Waals surface area (Å²) in [5.74, 6) is 0. The number of aryl methyl sites for hydroxylation is 1. The summed E-state index contributed by atoms with van der Waals surface area (Å²) in [7, 11) is 2.08. The molecule has 114 valence electrons. The van der Waals surface area contributed by atoms with Crippen molar-refractivity contribution in [2.45, 2.75) is 45.7 Å². The van der Waals surface area contributed by atoms with Gasteiger partial charge in [0.05, 0.1) is 6.61 Å². The fourth-order valence-corrected chi connectivity index (χ4v) is 2.27. The molecule has 0 fully saturated rings. The predicted octanol–water partition coefficient (Wildman–Crippen LogP) is 2.74. The van der Waals surface area contributed by atoms with E-state index in [2.05, 4.69) is 69.2 Å². The lowest BCUT2D eigenvalue weighted by Crippen LogP contribution is -2.45. The summed E-state index contributed by atoms with van der Waals surface area (Å²) in [6.45, 7) is 10.5. The van der Waals surface area contributed by atoms with E-state index >= 15 is 0 Å². The number of hydrogen-bond donors (Lipinski definition) is 2. The summed E-state index contributed by atoms with van der Waals surface area (Å²) in [5, 5.41) is 13.0. The third-order valence-corrected chi connectivity index (χ3v) is 4.07. The lowest BCUT2D eigenvalue weighted by Gasteiger charge is -2.35. The molecular weight excluding hydrogens is 248 g/mol. The molecule has 3 heteroatoms. The quantitative estimate of drug-likeness (QED) is 0.767. The van der Waals surface area contributed by atoms with E-state index in [4.69, 9.17) is 0 Å². The third-order valence-electron chi connectivity index (χ3n) is 4.07. The zero-order valence-electron chi connectivity index (χ0n) is 13.6. The van der Waals surface area contributed by atoms with Gasteiger partial charge < -0.3 is 10.4 Å². The molecule has 20 heavy (non-hydrogen) atoms. The number of benzene rings is 1. The van der Waals surface area contributed by atoms with Gasteiger partial charge in [0, 0.05) is 18.1 Å². The molecule has 1 unspecified atom stereocenters. The Morgan fingerprint density at radius 3 is 2.60 bits per heavy atom. The Bertz CT molecular complexity index is 404. The van der Waals surface area contributed by atoms with Gasteiger partial charge >= 0.3 is 0 Å². The second kappa shape index (κ2) is 7.77. The highest BCUT2D eigenvalue weighted by molar-refractivity contribution is 5.25. The summed E-state index contributed by atoms with van der Waals surface area (Å²) < 4.78 is 0. The zero-order chi connectivity index (χ0) is 15.2. The molecule has 0 aliphatic heterocycles. The van der Waals surface area contributed by atoms with Crippen LogP contribution < -0.4 is 5.32 Å². The summed E-state index contributed by atoms with van der Waals surface area (Å²) in [4.78, 5) is 2.23. The van der Waals surface area contributed by atoms with Crippen LogP contribution in [0.1, 0.15) is 44.4 Å². The molecule has 0 bridgehead atoms. The van der Waals surface area contributed by atoms with Gasteiger partial charge in [-0.2, -0.15) is 0 Å². The van der Waals surface area contributed by atoms with Crippen molar-refractivity contribution in [3.63, 3.8) is 0 Å². The number of nitrogens with one attached hydrogen (secondary N) is 1. The van der Waals surface area contributed by atoms with Crippen LogP contribution in [-0.2, 0) is 0 Å². The molecule has 1 aromatic carbocycles. The molecule has 2 N–H and O–H groups in total. The van der Waals surface area contributed by atoms with Crippen LogP contribution in [0.4, 0.5) is 0 Å². The SMILES string of the molecule is CCNC(CCN(C)C(C)(C)CO)c1cccc(C)c1. The summed E-state index contributed by atoms with van der Waals surface area (Å²) in [6.07, 6.45) is 1.04. The first-order valence-corrected chi connectivity index (χ1v) is 7.52. The summed E-state index contributed by atoms with van der Waals surface area (Å²) in [5.41, 5.74) is 2.49. The van der Waals surface area contributed by atoms with Crippen LogP contribution in [0, 0.1) is 6.92 Å². The van der Waals surface area contributed by atoms with Gasteiger partial charge in [-0.05, 0) is 46.3 Å². The lowest BCUT2D eigenvalue weighted by atomic mass is 9.99. The standard InChI is InChI=1S/C17H30N2O/c1-6-18-16(15-9-7-8-14(2)12-15)10-11-19(5)17(3,4)13-20/h7-9,12,16,18,20H,6,10-11,13H2,1-5H3. The molecular formula is C17H30N2O. The third kappa shape index (κ3) is 4.89. The van der Waals surface area contributed by atoms with Gasteiger partial charge in [0.15, 0.2) is 0 Å². The Labute approximate surface area is 124 Å². The number of hydrogen-bond acceptors (Lipinski definition) is 3. The molecule has 3 nitrogen and oxygen atoms in total. The first-order valence-electron chi connectivity index (χ1n) is 7.52. The molecule has 1 rings (SSSR count).